The molecule has 14 heavy (non-hydrogen) atoms. The van der Waals surface area contributed by atoms with Crippen LogP contribution >= 0.6 is 0 Å². The molecular formula is C10H15N3O. The highest BCUT2D eigenvalue weighted by atomic mass is 16.5. The molecule has 4 nitrogen and oxygen atoms in total. The summed E-state index contributed by atoms with van der Waals surface area (Å²) < 4.78 is 5.20. The summed E-state index contributed by atoms with van der Waals surface area (Å²) in [6, 6.07) is 4.52. The summed E-state index contributed by atoms with van der Waals surface area (Å²) in [7, 11) is 0. The molecule has 1 aromatic heterocycles. The molecule has 1 aliphatic carbocycles. The van der Waals surface area contributed by atoms with Crippen LogP contribution < -0.4 is 10.1 Å². The summed E-state index contributed by atoms with van der Waals surface area (Å²) in [6.45, 7) is 3.38. The van der Waals surface area contributed by atoms with E-state index in [4.69, 9.17) is 4.74 Å². The van der Waals surface area contributed by atoms with Gasteiger partial charge >= 0.3 is 0 Å². The van der Waals surface area contributed by atoms with Crippen molar-refractivity contribution in [3.05, 3.63) is 17.8 Å². The maximum Gasteiger partial charge on any atom is 0.233 e. The number of ether oxygens (including phenoxy) is 1. The minimum atomic E-state index is 0.600. The Morgan fingerprint density at radius 3 is 2.86 bits per heavy atom. The van der Waals surface area contributed by atoms with Crippen molar-refractivity contribution in [2.24, 2.45) is 0 Å². The normalized spacial score (nSPS) is 15.5. The molecule has 0 bridgehead atoms. The van der Waals surface area contributed by atoms with E-state index in [1.54, 1.807) is 0 Å². The lowest BCUT2D eigenvalue weighted by Crippen LogP contribution is -2.16. The highest BCUT2D eigenvalue weighted by molar-refractivity contribution is 5.11. The van der Waals surface area contributed by atoms with Crippen LogP contribution in [0.1, 0.15) is 25.5 Å². The first-order valence-corrected chi connectivity index (χ1v) is 5.07. The predicted molar refractivity (Wildman–Crippen MR) is 53.1 cm³/mol. The Bertz CT molecular complexity index is 282. The fraction of sp³-hybridized carbons (Fsp3) is 0.600. The molecule has 1 fully saturated rings. The number of aromatic nitrogens is 2. The Hall–Kier alpha value is -1.16. The van der Waals surface area contributed by atoms with Crippen molar-refractivity contribution in [3.8, 4) is 5.88 Å². The lowest BCUT2D eigenvalue weighted by atomic mass is 10.4. The third-order valence-electron chi connectivity index (χ3n) is 2.14. The van der Waals surface area contributed by atoms with E-state index in [1.807, 2.05) is 19.1 Å². The van der Waals surface area contributed by atoms with E-state index in [0.29, 0.717) is 18.5 Å². The van der Waals surface area contributed by atoms with Crippen molar-refractivity contribution in [2.75, 3.05) is 6.61 Å². The molecule has 1 heterocycles. The zero-order chi connectivity index (χ0) is 9.80. The Balaban J connectivity index is 1.84. The predicted octanol–water partition coefficient (Wildman–Crippen LogP) is 1.13. The SMILES string of the molecule is CCOc1ccc(CNC2CC2)nn1. The number of nitrogens with zero attached hydrogens (tertiary/aromatic N) is 2. The van der Waals surface area contributed by atoms with Gasteiger partial charge < -0.3 is 10.1 Å². The van der Waals surface area contributed by atoms with Gasteiger partial charge in [0, 0.05) is 18.7 Å². The largest absolute Gasteiger partial charge is 0.477 e. The van der Waals surface area contributed by atoms with Crippen LogP contribution in [0.15, 0.2) is 12.1 Å². The Kier molecular flexibility index (Phi) is 2.93. The minimum absolute atomic E-state index is 0.600. The molecule has 0 radical (unpaired) electrons. The van der Waals surface area contributed by atoms with Crippen molar-refractivity contribution in [3.63, 3.8) is 0 Å². The van der Waals surface area contributed by atoms with E-state index < -0.39 is 0 Å². The first kappa shape index (κ1) is 9.40. The number of nitrogens with one attached hydrogen (secondary N) is 1. The van der Waals surface area contributed by atoms with E-state index in [1.165, 1.54) is 12.8 Å². The van der Waals surface area contributed by atoms with Crippen molar-refractivity contribution >= 4 is 0 Å². The highest BCUT2D eigenvalue weighted by Crippen LogP contribution is 2.19. The Morgan fingerprint density at radius 1 is 1.43 bits per heavy atom. The number of rotatable bonds is 5. The van der Waals surface area contributed by atoms with Crippen LogP contribution in [0.25, 0.3) is 0 Å². The summed E-state index contributed by atoms with van der Waals surface area (Å²) in [5.74, 6) is 0.600. The van der Waals surface area contributed by atoms with Gasteiger partial charge in [-0.25, -0.2) is 0 Å². The van der Waals surface area contributed by atoms with Gasteiger partial charge in [0.2, 0.25) is 5.88 Å². The van der Waals surface area contributed by atoms with Gasteiger partial charge in [0.05, 0.1) is 12.3 Å². The molecule has 0 amide bonds. The van der Waals surface area contributed by atoms with E-state index in [0.717, 1.165) is 12.2 Å². The van der Waals surface area contributed by atoms with E-state index in [-0.39, 0.29) is 0 Å². The molecule has 4 heteroatoms. The van der Waals surface area contributed by atoms with Crippen LogP contribution in [0.4, 0.5) is 0 Å². The molecule has 1 aliphatic rings. The van der Waals surface area contributed by atoms with Crippen molar-refractivity contribution in [1.29, 1.82) is 0 Å². The molecule has 76 valence electrons. The lowest BCUT2D eigenvalue weighted by molar-refractivity contribution is 0.322. The topological polar surface area (TPSA) is 47.0 Å². The number of hydrogen-bond donors (Lipinski definition) is 1. The third kappa shape index (κ3) is 2.67. The standard InChI is InChI=1S/C10H15N3O/c1-2-14-10-6-5-9(12-13-10)7-11-8-3-4-8/h5-6,8,11H,2-4,7H2,1H3. The fourth-order valence-corrected chi connectivity index (χ4v) is 1.20. The van der Waals surface area contributed by atoms with Gasteiger partial charge in [0.25, 0.3) is 0 Å². The molecule has 0 atom stereocenters. The summed E-state index contributed by atoms with van der Waals surface area (Å²) in [5, 5.41) is 11.4. The average Bonchev–Trinajstić information content (AvgIpc) is 3.01. The third-order valence-corrected chi connectivity index (χ3v) is 2.14. The molecule has 1 aromatic rings. The van der Waals surface area contributed by atoms with Crippen molar-refractivity contribution in [2.45, 2.75) is 32.4 Å². The van der Waals surface area contributed by atoms with Gasteiger partial charge in [0.15, 0.2) is 0 Å². The molecule has 0 aliphatic heterocycles. The molecular weight excluding hydrogens is 178 g/mol. The van der Waals surface area contributed by atoms with E-state index >= 15 is 0 Å². The smallest absolute Gasteiger partial charge is 0.233 e. The maximum atomic E-state index is 5.20. The summed E-state index contributed by atoms with van der Waals surface area (Å²) in [5.41, 5.74) is 0.973. The Morgan fingerprint density at radius 2 is 2.29 bits per heavy atom. The minimum Gasteiger partial charge on any atom is -0.477 e. The molecule has 0 aromatic carbocycles. The van der Waals surface area contributed by atoms with Gasteiger partial charge in [-0.15, -0.1) is 5.10 Å². The second kappa shape index (κ2) is 4.37. The van der Waals surface area contributed by atoms with E-state index in [9.17, 15) is 0 Å². The first-order chi connectivity index (χ1) is 6.88. The molecule has 0 saturated heterocycles. The number of hydrogen-bond acceptors (Lipinski definition) is 4. The summed E-state index contributed by atoms with van der Waals surface area (Å²) in [6.07, 6.45) is 2.59. The first-order valence-electron chi connectivity index (χ1n) is 5.07. The maximum absolute atomic E-state index is 5.20. The summed E-state index contributed by atoms with van der Waals surface area (Å²) >= 11 is 0. The van der Waals surface area contributed by atoms with Crippen molar-refractivity contribution < 1.29 is 4.74 Å². The molecule has 2 rings (SSSR count). The lowest BCUT2D eigenvalue weighted by Gasteiger charge is -2.03. The van der Waals surface area contributed by atoms with Crippen LogP contribution in [-0.2, 0) is 6.54 Å². The molecule has 1 N–H and O–H groups in total. The molecule has 0 unspecified atom stereocenters. The van der Waals surface area contributed by atoms with Crippen LogP contribution in [0.5, 0.6) is 5.88 Å². The van der Waals surface area contributed by atoms with Crippen LogP contribution in [0.2, 0.25) is 0 Å². The van der Waals surface area contributed by atoms with Gasteiger partial charge in [-0.05, 0) is 25.8 Å². The van der Waals surface area contributed by atoms with Gasteiger partial charge in [-0.1, -0.05) is 0 Å². The summed E-state index contributed by atoms with van der Waals surface area (Å²) in [4.78, 5) is 0. The van der Waals surface area contributed by atoms with Crippen LogP contribution in [0.3, 0.4) is 0 Å². The monoisotopic (exact) mass is 193 g/mol. The molecule has 0 spiro atoms. The van der Waals surface area contributed by atoms with E-state index in [2.05, 4.69) is 15.5 Å². The van der Waals surface area contributed by atoms with Gasteiger partial charge in [-0.2, -0.15) is 5.10 Å². The molecule has 1 saturated carbocycles. The highest BCUT2D eigenvalue weighted by Gasteiger charge is 2.20. The Labute approximate surface area is 83.7 Å². The second-order valence-electron chi connectivity index (χ2n) is 3.45. The van der Waals surface area contributed by atoms with Crippen molar-refractivity contribution in [1.82, 2.24) is 15.5 Å². The van der Waals surface area contributed by atoms with Gasteiger partial charge in [0.1, 0.15) is 0 Å². The fourth-order valence-electron chi connectivity index (χ4n) is 1.20. The average molecular weight is 193 g/mol. The van der Waals surface area contributed by atoms with Crippen LogP contribution in [0, 0.1) is 0 Å². The van der Waals surface area contributed by atoms with Crippen LogP contribution in [-0.4, -0.2) is 22.8 Å². The zero-order valence-electron chi connectivity index (χ0n) is 8.36. The second-order valence-corrected chi connectivity index (χ2v) is 3.45. The quantitative estimate of drug-likeness (QED) is 0.761. The zero-order valence-corrected chi connectivity index (χ0v) is 8.36. The van der Waals surface area contributed by atoms with Gasteiger partial charge in [-0.3, -0.25) is 0 Å².